The summed E-state index contributed by atoms with van der Waals surface area (Å²) in [5.41, 5.74) is 4.54. The summed E-state index contributed by atoms with van der Waals surface area (Å²) in [5, 5.41) is 12.1. The van der Waals surface area contributed by atoms with E-state index in [1.807, 2.05) is 38.1 Å². The number of benzene rings is 2. The van der Waals surface area contributed by atoms with Gasteiger partial charge in [0, 0.05) is 18.5 Å². The fraction of sp³-hybridized carbons (Fsp3) is 0.423. The summed E-state index contributed by atoms with van der Waals surface area (Å²) in [6.07, 6.45) is 0.748. The summed E-state index contributed by atoms with van der Waals surface area (Å²) in [6, 6.07) is 15.1. The van der Waals surface area contributed by atoms with Crippen LogP contribution in [-0.4, -0.2) is 53.2 Å². The van der Waals surface area contributed by atoms with Crippen molar-refractivity contribution in [1.82, 2.24) is 10.2 Å². The van der Waals surface area contributed by atoms with Crippen molar-refractivity contribution in [3.63, 3.8) is 0 Å². The van der Waals surface area contributed by atoms with Crippen LogP contribution in [-0.2, 0) is 14.3 Å². The SMILES string of the molecule is CCC1C(C(=O)O)CCN1C(=O)[C@H](CC)NC(=O)OCC1c2ccccc2-c2ccccc21. The molecule has 1 heterocycles. The maximum atomic E-state index is 13.1. The van der Waals surface area contributed by atoms with E-state index in [1.165, 1.54) is 0 Å². The molecular weight excluding hydrogens is 420 g/mol. The summed E-state index contributed by atoms with van der Waals surface area (Å²) in [5.74, 6) is -1.75. The van der Waals surface area contributed by atoms with Crippen molar-refractivity contribution in [2.24, 2.45) is 5.92 Å². The van der Waals surface area contributed by atoms with Gasteiger partial charge in [0.2, 0.25) is 5.91 Å². The lowest BCUT2D eigenvalue weighted by Crippen LogP contribution is -2.51. The van der Waals surface area contributed by atoms with Crippen LogP contribution < -0.4 is 5.32 Å². The predicted octanol–water partition coefficient (Wildman–Crippen LogP) is 4.02. The molecule has 0 spiro atoms. The fourth-order valence-electron chi connectivity index (χ4n) is 5.24. The molecule has 2 aromatic carbocycles. The topological polar surface area (TPSA) is 95.9 Å². The Labute approximate surface area is 193 Å². The molecule has 7 heteroatoms. The maximum Gasteiger partial charge on any atom is 0.407 e. The van der Waals surface area contributed by atoms with Gasteiger partial charge >= 0.3 is 12.1 Å². The van der Waals surface area contributed by atoms with Gasteiger partial charge in [0.1, 0.15) is 12.6 Å². The van der Waals surface area contributed by atoms with Gasteiger partial charge in [-0.1, -0.05) is 62.4 Å². The third-order valence-corrected chi connectivity index (χ3v) is 6.91. The van der Waals surface area contributed by atoms with Crippen LogP contribution in [0, 0.1) is 5.92 Å². The van der Waals surface area contributed by atoms with Crippen molar-refractivity contribution in [2.75, 3.05) is 13.2 Å². The zero-order chi connectivity index (χ0) is 23.5. The number of carboxylic acid groups (broad SMARTS) is 1. The van der Waals surface area contributed by atoms with E-state index in [0.717, 1.165) is 22.3 Å². The van der Waals surface area contributed by atoms with Gasteiger partial charge < -0.3 is 20.1 Å². The molecule has 2 aliphatic rings. The first-order valence-corrected chi connectivity index (χ1v) is 11.6. The number of amides is 2. The van der Waals surface area contributed by atoms with Crippen LogP contribution in [0.1, 0.15) is 50.2 Å². The summed E-state index contributed by atoms with van der Waals surface area (Å²) in [7, 11) is 0. The van der Waals surface area contributed by atoms with Crippen LogP contribution in [0.5, 0.6) is 0 Å². The van der Waals surface area contributed by atoms with Crippen molar-refractivity contribution in [1.29, 1.82) is 0 Å². The van der Waals surface area contributed by atoms with Gasteiger partial charge in [-0.15, -0.1) is 0 Å². The summed E-state index contributed by atoms with van der Waals surface area (Å²) < 4.78 is 5.58. The van der Waals surface area contributed by atoms with E-state index < -0.39 is 24.0 Å². The van der Waals surface area contributed by atoms with Crippen LogP contribution in [0.3, 0.4) is 0 Å². The van der Waals surface area contributed by atoms with Gasteiger partial charge in [0.25, 0.3) is 0 Å². The Hall–Kier alpha value is -3.35. The predicted molar refractivity (Wildman–Crippen MR) is 124 cm³/mol. The standard InChI is InChI=1S/C26H30N2O5/c1-3-22(24(29)28-14-13-20(25(30)31)23(28)4-2)27-26(32)33-15-21-18-11-7-5-9-16(18)17-10-6-8-12-19(17)21/h5-12,20-23H,3-4,13-15H2,1-2H3,(H,27,32)(H,30,31)/t20?,22-,23?/m0/s1. The minimum Gasteiger partial charge on any atom is -0.481 e. The monoisotopic (exact) mass is 450 g/mol. The van der Waals surface area contributed by atoms with Crippen LogP contribution in [0.2, 0.25) is 0 Å². The number of nitrogens with zero attached hydrogens (tertiary/aromatic N) is 1. The molecule has 3 atom stereocenters. The number of aliphatic carboxylic acids is 1. The third-order valence-electron chi connectivity index (χ3n) is 6.91. The van der Waals surface area contributed by atoms with Gasteiger partial charge in [0.05, 0.1) is 5.92 Å². The van der Waals surface area contributed by atoms with E-state index in [2.05, 4.69) is 29.6 Å². The minimum atomic E-state index is -0.880. The van der Waals surface area contributed by atoms with Gasteiger partial charge in [-0.05, 0) is 41.5 Å². The number of fused-ring (bicyclic) bond motifs is 3. The molecule has 1 aliphatic carbocycles. The van der Waals surface area contributed by atoms with Gasteiger partial charge in [-0.3, -0.25) is 9.59 Å². The molecule has 1 saturated heterocycles. The highest BCUT2D eigenvalue weighted by Gasteiger charge is 2.41. The number of carbonyl (C=O) groups is 3. The quantitative estimate of drug-likeness (QED) is 0.664. The Bertz CT molecular complexity index is 1010. The molecule has 7 nitrogen and oxygen atoms in total. The Kier molecular flexibility index (Phi) is 6.67. The Morgan fingerprint density at radius 2 is 1.67 bits per heavy atom. The van der Waals surface area contributed by atoms with Crippen molar-refractivity contribution in [3.05, 3.63) is 59.7 Å². The van der Waals surface area contributed by atoms with E-state index in [0.29, 0.717) is 25.8 Å². The lowest BCUT2D eigenvalue weighted by Gasteiger charge is -2.29. The number of alkyl carbamates (subject to hydrolysis) is 1. The van der Waals surface area contributed by atoms with E-state index in [9.17, 15) is 19.5 Å². The average Bonchev–Trinajstić information content (AvgIpc) is 3.40. The van der Waals surface area contributed by atoms with E-state index in [-0.39, 0.29) is 24.5 Å². The number of likely N-dealkylation sites (tertiary alicyclic amines) is 1. The number of hydrogen-bond donors (Lipinski definition) is 2. The van der Waals surface area contributed by atoms with Crippen molar-refractivity contribution in [2.45, 2.75) is 51.1 Å². The molecule has 2 unspecified atom stereocenters. The molecule has 2 amide bonds. The van der Waals surface area contributed by atoms with E-state index in [4.69, 9.17) is 4.74 Å². The molecule has 0 aromatic heterocycles. The van der Waals surface area contributed by atoms with Crippen LogP contribution in [0.15, 0.2) is 48.5 Å². The first-order chi connectivity index (χ1) is 16.0. The number of nitrogens with one attached hydrogen (secondary N) is 1. The molecule has 1 fully saturated rings. The molecule has 0 bridgehead atoms. The van der Waals surface area contributed by atoms with Gasteiger partial charge in [-0.2, -0.15) is 0 Å². The summed E-state index contributed by atoms with van der Waals surface area (Å²) in [6.45, 7) is 4.26. The molecule has 174 valence electrons. The molecule has 0 radical (unpaired) electrons. The number of carboxylic acids is 1. The number of hydrogen-bond acceptors (Lipinski definition) is 4. The number of carbonyl (C=O) groups excluding carboxylic acids is 2. The smallest absolute Gasteiger partial charge is 0.407 e. The van der Waals surface area contributed by atoms with Crippen LogP contribution >= 0.6 is 0 Å². The van der Waals surface area contributed by atoms with E-state index in [1.54, 1.807) is 4.90 Å². The maximum absolute atomic E-state index is 13.1. The highest BCUT2D eigenvalue weighted by atomic mass is 16.5. The zero-order valence-corrected chi connectivity index (χ0v) is 19.0. The molecule has 2 N–H and O–H groups in total. The largest absolute Gasteiger partial charge is 0.481 e. The second kappa shape index (κ2) is 9.65. The Balaban J connectivity index is 1.40. The number of ether oxygens (including phenoxy) is 1. The highest BCUT2D eigenvalue weighted by molar-refractivity contribution is 5.87. The van der Waals surface area contributed by atoms with Crippen LogP contribution in [0.4, 0.5) is 4.79 Å². The van der Waals surface area contributed by atoms with Crippen molar-refractivity contribution >= 4 is 18.0 Å². The Morgan fingerprint density at radius 3 is 2.21 bits per heavy atom. The molecule has 0 saturated carbocycles. The summed E-state index contributed by atoms with van der Waals surface area (Å²) in [4.78, 5) is 38.9. The highest BCUT2D eigenvalue weighted by Crippen LogP contribution is 2.44. The number of rotatable bonds is 7. The van der Waals surface area contributed by atoms with Crippen LogP contribution in [0.25, 0.3) is 11.1 Å². The molecule has 2 aromatic rings. The second-order valence-corrected chi connectivity index (χ2v) is 8.67. The first kappa shape index (κ1) is 22.8. The first-order valence-electron chi connectivity index (χ1n) is 11.6. The average molecular weight is 451 g/mol. The zero-order valence-electron chi connectivity index (χ0n) is 19.0. The minimum absolute atomic E-state index is 0.0571. The summed E-state index contributed by atoms with van der Waals surface area (Å²) >= 11 is 0. The van der Waals surface area contributed by atoms with Gasteiger partial charge in [0.15, 0.2) is 0 Å². The molecule has 33 heavy (non-hydrogen) atoms. The van der Waals surface area contributed by atoms with Crippen molar-refractivity contribution in [3.8, 4) is 11.1 Å². The van der Waals surface area contributed by atoms with Gasteiger partial charge in [-0.25, -0.2) is 4.79 Å². The lowest BCUT2D eigenvalue weighted by atomic mass is 9.98. The Morgan fingerprint density at radius 1 is 1.06 bits per heavy atom. The lowest BCUT2D eigenvalue weighted by molar-refractivity contribution is -0.143. The third kappa shape index (κ3) is 4.32. The van der Waals surface area contributed by atoms with E-state index >= 15 is 0 Å². The molecular formula is C26H30N2O5. The molecule has 1 aliphatic heterocycles. The van der Waals surface area contributed by atoms with Crippen molar-refractivity contribution < 1.29 is 24.2 Å². The normalized spacial score (nSPS) is 20.1. The molecule has 4 rings (SSSR count). The second-order valence-electron chi connectivity index (χ2n) is 8.67. The fourth-order valence-corrected chi connectivity index (χ4v) is 5.24.